The van der Waals surface area contributed by atoms with Gasteiger partial charge in [-0.2, -0.15) is 5.26 Å². The van der Waals surface area contributed by atoms with Gasteiger partial charge in [0.25, 0.3) is 0 Å². The SMILES string of the molecule is CN(CC1CCCC1O)C(=O)Nc1ccc(C#N)c(Cl)c1. The summed E-state index contributed by atoms with van der Waals surface area (Å²) in [6.45, 7) is 0.525. The number of urea groups is 1. The summed E-state index contributed by atoms with van der Waals surface area (Å²) in [5.41, 5.74) is 0.917. The molecule has 0 saturated heterocycles. The summed E-state index contributed by atoms with van der Waals surface area (Å²) in [7, 11) is 1.70. The number of rotatable bonds is 3. The minimum absolute atomic E-state index is 0.144. The van der Waals surface area contributed by atoms with E-state index in [4.69, 9.17) is 16.9 Å². The first kappa shape index (κ1) is 15.6. The van der Waals surface area contributed by atoms with Crippen molar-refractivity contribution in [3.05, 3.63) is 28.8 Å². The number of amides is 2. The lowest BCUT2D eigenvalue weighted by molar-refractivity contribution is 0.116. The van der Waals surface area contributed by atoms with Crippen LogP contribution in [-0.4, -0.2) is 35.7 Å². The van der Waals surface area contributed by atoms with Crippen molar-refractivity contribution in [3.63, 3.8) is 0 Å². The molecule has 1 saturated carbocycles. The number of carbonyl (C=O) groups excluding carboxylic acids is 1. The van der Waals surface area contributed by atoms with Crippen LogP contribution in [0.4, 0.5) is 10.5 Å². The van der Waals surface area contributed by atoms with E-state index in [9.17, 15) is 9.90 Å². The standard InChI is InChI=1S/C15H18ClN3O2/c1-19(9-11-3-2-4-14(11)20)15(21)18-12-6-5-10(8-17)13(16)7-12/h5-7,11,14,20H,2-4,9H2,1H3,(H,18,21). The Morgan fingerprint density at radius 2 is 2.33 bits per heavy atom. The predicted molar refractivity (Wildman–Crippen MR) is 81.2 cm³/mol. The first-order valence-electron chi connectivity index (χ1n) is 6.91. The molecule has 1 aliphatic carbocycles. The second kappa shape index (κ2) is 6.79. The molecule has 1 aliphatic rings. The van der Waals surface area contributed by atoms with E-state index in [2.05, 4.69) is 5.32 Å². The zero-order valence-corrected chi connectivity index (χ0v) is 12.6. The molecule has 0 heterocycles. The largest absolute Gasteiger partial charge is 0.393 e. The lowest BCUT2D eigenvalue weighted by Crippen LogP contribution is -2.37. The van der Waals surface area contributed by atoms with Crippen LogP contribution in [0.25, 0.3) is 0 Å². The van der Waals surface area contributed by atoms with Gasteiger partial charge in [0.05, 0.1) is 16.7 Å². The van der Waals surface area contributed by atoms with E-state index in [0.717, 1.165) is 19.3 Å². The van der Waals surface area contributed by atoms with Gasteiger partial charge in [0.2, 0.25) is 0 Å². The summed E-state index contributed by atoms with van der Waals surface area (Å²) < 4.78 is 0. The Morgan fingerprint density at radius 1 is 1.57 bits per heavy atom. The lowest BCUT2D eigenvalue weighted by atomic mass is 10.1. The number of hydrogen-bond acceptors (Lipinski definition) is 3. The number of carbonyl (C=O) groups is 1. The molecule has 2 atom stereocenters. The number of benzene rings is 1. The maximum absolute atomic E-state index is 12.1. The van der Waals surface area contributed by atoms with Crippen LogP contribution >= 0.6 is 11.6 Å². The van der Waals surface area contributed by atoms with Crippen LogP contribution in [-0.2, 0) is 0 Å². The van der Waals surface area contributed by atoms with Gasteiger partial charge in [-0.15, -0.1) is 0 Å². The average Bonchev–Trinajstić information content (AvgIpc) is 2.84. The Balaban J connectivity index is 1.94. The fraction of sp³-hybridized carbons (Fsp3) is 0.467. The van der Waals surface area contributed by atoms with E-state index >= 15 is 0 Å². The van der Waals surface area contributed by atoms with Gasteiger partial charge in [-0.05, 0) is 31.0 Å². The van der Waals surface area contributed by atoms with E-state index in [0.29, 0.717) is 22.8 Å². The zero-order valence-electron chi connectivity index (χ0n) is 11.8. The summed E-state index contributed by atoms with van der Waals surface area (Å²) in [6.07, 6.45) is 2.45. The summed E-state index contributed by atoms with van der Waals surface area (Å²) in [5.74, 6) is 0.144. The molecule has 1 aromatic carbocycles. The minimum atomic E-state index is -0.315. The fourth-order valence-corrected chi connectivity index (χ4v) is 2.79. The summed E-state index contributed by atoms with van der Waals surface area (Å²) in [4.78, 5) is 13.7. The van der Waals surface area contributed by atoms with Crippen molar-refractivity contribution < 1.29 is 9.90 Å². The second-order valence-corrected chi connectivity index (χ2v) is 5.78. The van der Waals surface area contributed by atoms with Crippen LogP contribution in [0.3, 0.4) is 0 Å². The van der Waals surface area contributed by atoms with Crippen molar-refractivity contribution >= 4 is 23.3 Å². The molecule has 1 fully saturated rings. The van der Waals surface area contributed by atoms with Gasteiger partial charge >= 0.3 is 6.03 Å². The van der Waals surface area contributed by atoms with Gasteiger partial charge < -0.3 is 15.3 Å². The number of halogens is 1. The van der Waals surface area contributed by atoms with Gasteiger partial charge in [0, 0.05) is 25.2 Å². The highest BCUT2D eigenvalue weighted by Crippen LogP contribution is 2.26. The first-order chi connectivity index (χ1) is 10.0. The Kier molecular flexibility index (Phi) is 5.05. The third-order valence-electron chi connectivity index (χ3n) is 3.81. The highest BCUT2D eigenvalue weighted by Gasteiger charge is 2.27. The molecule has 0 bridgehead atoms. The van der Waals surface area contributed by atoms with Crippen molar-refractivity contribution in [2.24, 2.45) is 5.92 Å². The minimum Gasteiger partial charge on any atom is -0.393 e. The molecule has 2 amide bonds. The number of anilines is 1. The monoisotopic (exact) mass is 307 g/mol. The van der Waals surface area contributed by atoms with Crippen LogP contribution in [0.1, 0.15) is 24.8 Å². The van der Waals surface area contributed by atoms with E-state index < -0.39 is 0 Å². The van der Waals surface area contributed by atoms with Crippen molar-refractivity contribution in [1.82, 2.24) is 4.90 Å². The van der Waals surface area contributed by atoms with Crippen LogP contribution < -0.4 is 5.32 Å². The van der Waals surface area contributed by atoms with Crippen LogP contribution in [0, 0.1) is 17.2 Å². The summed E-state index contributed by atoms with van der Waals surface area (Å²) >= 11 is 5.93. The Morgan fingerprint density at radius 3 is 2.90 bits per heavy atom. The number of aliphatic hydroxyl groups is 1. The maximum atomic E-state index is 12.1. The molecule has 2 unspecified atom stereocenters. The van der Waals surface area contributed by atoms with Crippen LogP contribution in [0.5, 0.6) is 0 Å². The van der Waals surface area contributed by atoms with Crippen molar-refractivity contribution in [1.29, 1.82) is 5.26 Å². The second-order valence-electron chi connectivity index (χ2n) is 5.38. The quantitative estimate of drug-likeness (QED) is 0.901. The molecule has 5 nitrogen and oxygen atoms in total. The normalized spacial score (nSPS) is 20.9. The highest BCUT2D eigenvalue weighted by atomic mass is 35.5. The van der Waals surface area contributed by atoms with Gasteiger partial charge in [0.1, 0.15) is 6.07 Å². The molecule has 2 rings (SSSR count). The molecule has 0 aromatic heterocycles. The number of nitrogens with zero attached hydrogens (tertiary/aromatic N) is 2. The molecule has 1 aromatic rings. The molecule has 2 N–H and O–H groups in total. The summed E-state index contributed by atoms with van der Waals surface area (Å²) in [6, 6.07) is 6.47. The van der Waals surface area contributed by atoms with E-state index in [1.54, 1.807) is 30.1 Å². The Labute approximate surface area is 129 Å². The van der Waals surface area contributed by atoms with Gasteiger partial charge in [-0.1, -0.05) is 18.0 Å². The smallest absolute Gasteiger partial charge is 0.321 e. The highest BCUT2D eigenvalue weighted by molar-refractivity contribution is 6.32. The topological polar surface area (TPSA) is 76.4 Å². The van der Waals surface area contributed by atoms with Crippen LogP contribution in [0.15, 0.2) is 18.2 Å². The van der Waals surface area contributed by atoms with Crippen molar-refractivity contribution in [2.75, 3.05) is 18.9 Å². The molecular weight excluding hydrogens is 290 g/mol. The zero-order chi connectivity index (χ0) is 15.4. The van der Waals surface area contributed by atoms with Crippen molar-refractivity contribution in [3.8, 4) is 6.07 Å². The Hall–Kier alpha value is -1.77. The van der Waals surface area contributed by atoms with E-state index in [1.165, 1.54) is 0 Å². The van der Waals surface area contributed by atoms with Gasteiger partial charge in [-0.25, -0.2) is 4.79 Å². The number of aliphatic hydroxyl groups excluding tert-OH is 1. The molecule has 6 heteroatoms. The molecule has 0 aliphatic heterocycles. The summed E-state index contributed by atoms with van der Waals surface area (Å²) in [5, 5.41) is 21.7. The van der Waals surface area contributed by atoms with E-state index in [-0.39, 0.29) is 18.1 Å². The predicted octanol–water partition coefficient (Wildman–Crippen LogP) is 2.84. The first-order valence-corrected chi connectivity index (χ1v) is 7.29. The van der Waals surface area contributed by atoms with E-state index in [1.807, 2.05) is 6.07 Å². The number of nitriles is 1. The molecule has 0 spiro atoms. The van der Waals surface area contributed by atoms with Gasteiger partial charge in [-0.3, -0.25) is 0 Å². The fourth-order valence-electron chi connectivity index (χ4n) is 2.57. The third-order valence-corrected chi connectivity index (χ3v) is 4.13. The van der Waals surface area contributed by atoms with Crippen LogP contribution in [0.2, 0.25) is 5.02 Å². The molecule has 21 heavy (non-hydrogen) atoms. The number of nitrogens with one attached hydrogen (secondary N) is 1. The molecule has 0 radical (unpaired) electrons. The number of hydrogen-bond donors (Lipinski definition) is 2. The Bertz CT molecular complexity index is 571. The maximum Gasteiger partial charge on any atom is 0.321 e. The lowest BCUT2D eigenvalue weighted by Gasteiger charge is -2.23. The molecular formula is C15H18ClN3O2. The average molecular weight is 308 g/mol. The molecule has 112 valence electrons. The van der Waals surface area contributed by atoms with Crippen molar-refractivity contribution in [2.45, 2.75) is 25.4 Å². The van der Waals surface area contributed by atoms with Gasteiger partial charge in [0.15, 0.2) is 0 Å². The third kappa shape index (κ3) is 3.87.